The van der Waals surface area contributed by atoms with E-state index >= 15 is 0 Å². The van der Waals surface area contributed by atoms with Gasteiger partial charge in [-0.1, -0.05) is 42.1 Å². The number of nitrogens with zero attached hydrogens (tertiary/aromatic N) is 5. The maximum Gasteiger partial charge on any atom is 0.243 e. The SMILES string of the molecule is O=C(CSc1n[nH]c2nc3ccccc3n12)N1CCN(S(=O)(=O)c2ccccc2)CC1. The van der Waals surface area contributed by atoms with Gasteiger partial charge in [0.25, 0.3) is 0 Å². The van der Waals surface area contributed by atoms with Gasteiger partial charge >= 0.3 is 0 Å². The number of carbonyl (C=O) groups excluding carboxylic acids is 1. The first-order valence-electron chi connectivity index (χ1n) is 9.81. The van der Waals surface area contributed by atoms with E-state index in [-0.39, 0.29) is 29.6 Å². The lowest BCUT2D eigenvalue weighted by Crippen LogP contribution is -2.50. The molecule has 0 radical (unpaired) electrons. The number of thioether (sulfide) groups is 1. The van der Waals surface area contributed by atoms with Gasteiger partial charge in [-0.3, -0.25) is 9.20 Å². The van der Waals surface area contributed by atoms with Gasteiger partial charge in [0, 0.05) is 26.2 Å². The molecule has 1 fully saturated rings. The highest BCUT2D eigenvalue weighted by molar-refractivity contribution is 7.99. The molecule has 2 aromatic carbocycles. The lowest BCUT2D eigenvalue weighted by Gasteiger charge is -2.34. The molecule has 160 valence electrons. The largest absolute Gasteiger partial charge is 0.339 e. The van der Waals surface area contributed by atoms with Crippen LogP contribution in [0.5, 0.6) is 0 Å². The Balaban J connectivity index is 1.22. The number of amides is 1. The van der Waals surface area contributed by atoms with E-state index in [1.807, 2.05) is 28.7 Å². The van der Waals surface area contributed by atoms with Gasteiger partial charge in [-0.2, -0.15) is 4.31 Å². The summed E-state index contributed by atoms with van der Waals surface area (Å²) in [5.41, 5.74) is 1.79. The van der Waals surface area contributed by atoms with Crippen LogP contribution < -0.4 is 0 Å². The first-order valence-corrected chi connectivity index (χ1v) is 12.2. The van der Waals surface area contributed by atoms with Crippen LogP contribution in [0.4, 0.5) is 0 Å². The van der Waals surface area contributed by atoms with E-state index in [9.17, 15) is 13.2 Å². The third-order valence-corrected chi connectivity index (χ3v) is 8.14. The topological polar surface area (TPSA) is 104 Å². The summed E-state index contributed by atoms with van der Waals surface area (Å²) in [6.45, 7) is 1.31. The van der Waals surface area contributed by atoms with Crippen LogP contribution in [0.25, 0.3) is 16.8 Å². The summed E-state index contributed by atoms with van der Waals surface area (Å²) in [6.07, 6.45) is 0. The first kappa shape index (κ1) is 20.0. The highest BCUT2D eigenvalue weighted by Crippen LogP contribution is 2.23. The maximum absolute atomic E-state index is 12.7. The van der Waals surface area contributed by atoms with Crippen molar-refractivity contribution in [3.8, 4) is 0 Å². The minimum atomic E-state index is -3.53. The van der Waals surface area contributed by atoms with Gasteiger partial charge in [0.1, 0.15) is 0 Å². The molecule has 11 heteroatoms. The van der Waals surface area contributed by atoms with Crippen LogP contribution in [0.1, 0.15) is 0 Å². The molecule has 1 amide bonds. The average molecular weight is 457 g/mol. The first-order chi connectivity index (χ1) is 15.0. The van der Waals surface area contributed by atoms with E-state index < -0.39 is 10.0 Å². The zero-order valence-corrected chi connectivity index (χ0v) is 18.1. The number of hydrogen-bond acceptors (Lipinski definition) is 6. The smallest absolute Gasteiger partial charge is 0.243 e. The number of H-pyrrole nitrogens is 1. The fourth-order valence-electron chi connectivity index (χ4n) is 3.68. The Labute approximate surface area is 183 Å². The summed E-state index contributed by atoms with van der Waals surface area (Å²) >= 11 is 1.34. The van der Waals surface area contributed by atoms with Gasteiger partial charge in [0.05, 0.1) is 21.7 Å². The maximum atomic E-state index is 12.7. The number of nitrogens with one attached hydrogen (secondary N) is 1. The molecule has 1 aliphatic rings. The quantitative estimate of drug-likeness (QED) is 0.460. The van der Waals surface area contributed by atoms with Crippen LogP contribution in [-0.4, -0.2) is 75.0 Å². The van der Waals surface area contributed by atoms with Crippen molar-refractivity contribution >= 4 is 44.5 Å². The molecule has 0 saturated carbocycles. The number of aromatic nitrogens is 4. The van der Waals surface area contributed by atoms with E-state index in [2.05, 4.69) is 15.2 Å². The molecule has 1 aliphatic heterocycles. The molecule has 1 saturated heterocycles. The zero-order valence-electron chi connectivity index (χ0n) is 16.5. The standard InChI is InChI=1S/C20H20N6O3S2/c27-18(14-30-20-23-22-19-21-16-8-4-5-9-17(16)26(19)20)24-10-12-25(13-11-24)31(28,29)15-6-2-1-3-7-15/h1-9H,10-14H2,(H,21,22). The van der Waals surface area contributed by atoms with Crippen LogP contribution in [0.15, 0.2) is 64.6 Å². The Morgan fingerprint density at radius 3 is 2.48 bits per heavy atom. The number of piperazine rings is 1. The summed E-state index contributed by atoms with van der Waals surface area (Å²) < 4.78 is 28.8. The van der Waals surface area contributed by atoms with Crippen LogP contribution in [0.3, 0.4) is 0 Å². The molecule has 9 nitrogen and oxygen atoms in total. The van der Waals surface area contributed by atoms with Gasteiger partial charge in [0.15, 0.2) is 5.16 Å². The van der Waals surface area contributed by atoms with Crippen LogP contribution in [0.2, 0.25) is 0 Å². The van der Waals surface area contributed by atoms with Crippen LogP contribution in [-0.2, 0) is 14.8 Å². The van der Waals surface area contributed by atoms with Gasteiger partial charge in [-0.15, -0.1) is 5.10 Å². The van der Waals surface area contributed by atoms with E-state index in [1.165, 1.54) is 16.1 Å². The summed E-state index contributed by atoms with van der Waals surface area (Å²) in [5.74, 6) is 0.816. The van der Waals surface area contributed by atoms with Gasteiger partial charge in [0.2, 0.25) is 21.7 Å². The van der Waals surface area contributed by atoms with Crippen molar-refractivity contribution in [2.45, 2.75) is 10.1 Å². The van der Waals surface area contributed by atoms with E-state index in [1.54, 1.807) is 35.2 Å². The Morgan fingerprint density at radius 2 is 1.71 bits per heavy atom. The van der Waals surface area contributed by atoms with E-state index in [0.29, 0.717) is 24.0 Å². The Bertz CT molecular complexity index is 1340. The molecule has 2 aromatic heterocycles. The van der Waals surface area contributed by atoms with Gasteiger partial charge in [-0.25, -0.2) is 18.5 Å². The fourth-order valence-corrected chi connectivity index (χ4v) is 5.98. The third kappa shape index (κ3) is 3.68. The number of benzene rings is 2. The molecule has 0 unspecified atom stereocenters. The number of imidazole rings is 1. The normalized spacial score (nSPS) is 15.7. The molecule has 31 heavy (non-hydrogen) atoms. The number of rotatable bonds is 5. The Morgan fingerprint density at radius 1 is 1.00 bits per heavy atom. The number of aromatic amines is 1. The molecular formula is C20H20N6O3S2. The highest BCUT2D eigenvalue weighted by Gasteiger charge is 2.30. The van der Waals surface area contributed by atoms with E-state index in [0.717, 1.165) is 11.0 Å². The van der Waals surface area contributed by atoms with Crippen molar-refractivity contribution in [2.75, 3.05) is 31.9 Å². The predicted molar refractivity (Wildman–Crippen MR) is 117 cm³/mol. The monoisotopic (exact) mass is 456 g/mol. The predicted octanol–water partition coefficient (Wildman–Crippen LogP) is 1.84. The third-order valence-electron chi connectivity index (χ3n) is 5.30. The van der Waals surface area contributed by atoms with E-state index in [4.69, 9.17) is 0 Å². The number of sulfonamides is 1. The highest BCUT2D eigenvalue weighted by atomic mass is 32.2. The van der Waals surface area contributed by atoms with Crippen molar-refractivity contribution in [1.29, 1.82) is 0 Å². The van der Waals surface area contributed by atoms with Crippen LogP contribution >= 0.6 is 11.8 Å². The van der Waals surface area contributed by atoms with Gasteiger partial charge < -0.3 is 4.90 Å². The van der Waals surface area contributed by atoms with Crippen LogP contribution in [0, 0.1) is 0 Å². The average Bonchev–Trinajstić information content (AvgIpc) is 3.37. The molecule has 0 bridgehead atoms. The number of para-hydroxylation sites is 2. The lowest BCUT2D eigenvalue weighted by molar-refractivity contribution is -0.129. The minimum Gasteiger partial charge on any atom is -0.339 e. The second kappa shape index (κ2) is 7.98. The summed E-state index contributed by atoms with van der Waals surface area (Å²) in [7, 11) is -3.53. The Kier molecular flexibility index (Phi) is 5.16. The van der Waals surface area contributed by atoms with Crippen molar-refractivity contribution in [3.63, 3.8) is 0 Å². The zero-order chi connectivity index (χ0) is 21.4. The minimum absolute atomic E-state index is 0.0395. The molecule has 3 heterocycles. The summed E-state index contributed by atoms with van der Waals surface area (Å²) in [4.78, 5) is 19.2. The summed E-state index contributed by atoms with van der Waals surface area (Å²) in [5, 5.41) is 7.85. The number of fused-ring (bicyclic) bond motifs is 3. The molecule has 0 atom stereocenters. The molecule has 5 rings (SSSR count). The summed E-state index contributed by atoms with van der Waals surface area (Å²) in [6, 6.07) is 16.1. The number of carbonyl (C=O) groups is 1. The van der Waals surface area contributed by atoms with Crippen molar-refractivity contribution in [3.05, 3.63) is 54.6 Å². The van der Waals surface area contributed by atoms with Crippen molar-refractivity contribution in [2.24, 2.45) is 0 Å². The Hall–Kier alpha value is -2.89. The van der Waals surface area contributed by atoms with Gasteiger partial charge in [-0.05, 0) is 24.3 Å². The fraction of sp³-hybridized carbons (Fsp3) is 0.250. The number of hydrogen-bond donors (Lipinski definition) is 1. The van der Waals surface area contributed by atoms with Crippen molar-refractivity contribution < 1.29 is 13.2 Å². The molecular weight excluding hydrogens is 436 g/mol. The van der Waals surface area contributed by atoms with Crippen molar-refractivity contribution in [1.82, 2.24) is 28.8 Å². The molecule has 4 aromatic rings. The molecule has 0 aliphatic carbocycles. The second-order valence-corrected chi connectivity index (χ2v) is 10.0. The molecule has 1 N–H and O–H groups in total. The molecule has 0 spiro atoms. The second-order valence-electron chi connectivity index (χ2n) is 7.15. The lowest BCUT2D eigenvalue weighted by atomic mass is 10.3.